The topological polar surface area (TPSA) is 230 Å². The summed E-state index contributed by atoms with van der Waals surface area (Å²) in [5.74, 6) is -0.430. The number of hydrogen-bond acceptors (Lipinski definition) is 14. The number of fused-ring (bicyclic) bond motifs is 1. The Morgan fingerprint density at radius 1 is 1.28 bits per heavy atom. The molecule has 6 N–H and O–H groups in total. The zero-order valence-electron chi connectivity index (χ0n) is 26.6. The fraction of sp³-hybridized carbons (Fsp3) is 0.552. The fourth-order valence-corrected chi connectivity index (χ4v) is 6.89. The molecule has 2 aromatic heterocycles. The molecule has 0 spiro atoms. The Kier molecular flexibility index (Phi) is 12.0. The smallest absolute Gasteiger partial charge is 0.405 e. The number of esters is 1. The first kappa shape index (κ1) is 36.7. The molecule has 16 nitrogen and oxygen atoms in total. The molecule has 258 valence electrons. The number of aliphatic hydroxyl groups is 2. The minimum atomic E-state index is -4.08. The summed E-state index contributed by atoms with van der Waals surface area (Å²) in [5, 5.41) is 24.8. The highest BCUT2D eigenvalue weighted by Crippen LogP contribution is 2.47. The van der Waals surface area contributed by atoms with E-state index < -0.39 is 49.4 Å². The number of nitrogen functional groups attached to an aromatic ring is 1. The lowest BCUT2D eigenvalue weighted by atomic mass is 9.96. The predicted molar refractivity (Wildman–Crippen MR) is 173 cm³/mol. The first-order valence-electron chi connectivity index (χ1n) is 15.0. The second-order valence-electron chi connectivity index (χ2n) is 11.9. The van der Waals surface area contributed by atoms with Crippen molar-refractivity contribution in [3.8, 4) is 0 Å². The molecule has 0 aliphatic carbocycles. The number of ether oxygens (including phenoxy) is 2. The summed E-state index contributed by atoms with van der Waals surface area (Å²) in [7, 11) is -4.08. The van der Waals surface area contributed by atoms with E-state index in [1.165, 1.54) is 17.8 Å². The number of aromatic amines is 1. The van der Waals surface area contributed by atoms with Gasteiger partial charge >= 0.3 is 13.7 Å². The van der Waals surface area contributed by atoms with Crippen LogP contribution in [0.3, 0.4) is 0 Å². The molecule has 0 amide bonds. The maximum absolute atomic E-state index is 13.9. The van der Waals surface area contributed by atoms with E-state index in [1.54, 1.807) is 13.8 Å². The van der Waals surface area contributed by atoms with Gasteiger partial charge in [-0.15, -0.1) is 0 Å². The number of imidazole rings is 1. The fourth-order valence-electron chi connectivity index (χ4n) is 4.66. The lowest BCUT2D eigenvalue weighted by molar-refractivity contribution is -0.147. The van der Waals surface area contributed by atoms with Gasteiger partial charge in [-0.05, 0) is 32.8 Å². The SMILES string of the molecule is CCCC(=O)OCC(C)(C)C(=O)SCCOP(=O)(NCc1ccccc1)OCC1OC(n2cnc3c(=O)[nH]c(N)nc32)C(C)(O)C1O. The average molecular weight is 697 g/mol. The summed E-state index contributed by atoms with van der Waals surface area (Å²) < 4.78 is 37.7. The van der Waals surface area contributed by atoms with Crippen LogP contribution in [0.1, 0.15) is 52.3 Å². The molecule has 1 fully saturated rings. The van der Waals surface area contributed by atoms with Crippen molar-refractivity contribution in [2.45, 2.75) is 71.1 Å². The van der Waals surface area contributed by atoms with Gasteiger partial charge in [-0.25, -0.2) is 14.6 Å². The molecule has 4 rings (SSSR count). The molecule has 1 aliphatic rings. The quantitative estimate of drug-likeness (QED) is 0.0822. The van der Waals surface area contributed by atoms with Gasteiger partial charge in [-0.2, -0.15) is 4.98 Å². The van der Waals surface area contributed by atoms with Gasteiger partial charge in [0, 0.05) is 18.7 Å². The number of nitrogens with two attached hydrogens (primary N) is 1. The highest BCUT2D eigenvalue weighted by atomic mass is 32.2. The first-order chi connectivity index (χ1) is 22.2. The van der Waals surface area contributed by atoms with Crippen LogP contribution in [-0.4, -0.2) is 84.2 Å². The molecule has 0 radical (unpaired) electrons. The number of aliphatic hydroxyl groups excluding tert-OH is 1. The Labute approximate surface area is 275 Å². The molecule has 3 aromatic rings. The monoisotopic (exact) mass is 696 g/mol. The van der Waals surface area contributed by atoms with Crippen LogP contribution in [0.25, 0.3) is 11.2 Å². The van der Waals surface area contributed by atoms with Crippen LogP contribution in [0.5, 0.6) is 0 Å². The number of benzene rings is 1. The zero-order chi connectivity index (χ0) is 34.4. The summed E-state index contributed by atoms with van der Waals surface area (Å²) in [5.41, 5.74) is 3.00. The molecule has 1 aliphatic heterocycles. The third kappa shape index (κ3) is 9.06. The molecule has 1 aromatic carbocycles. The molecule has 0 bridgehead atoms. The Balaban J connectivity index is 1.41. The number of rotatable bonds is 16. The Morgan fingerprint density at radius 2 is 2.00 bits per heavy atom. The van der Waals surface area contributed by atoms with E-state index in [2.05, 4.69) is 20.0 Å². The third-order valence-corrected chi connectivity index (χ3v) is 10.1. The van der Waals surface area contributed by atoms with Crippen molar-refractivity contribution in [2.75, 3.05) is 31.3 Å². The predicted octanol–water partition coefficient (Wildman–Crippen LogP) is 2.27. The number of hydrogen-bond donors (Lipinski definition) is 5. The van der Waals surface area contributed by atoms with Gasteiger partial charge in [0.25, 0.3) is 5.56 Å². The standard InChI is InChI=1S/C29H41N6O10PS/c1-5-9-20(36)42-16-28(2,3)26(39)47-13-12-43-46(41,32-14-18-10-7-6-8-11-18)44-15-19-22(37)29(4,40)25(45-19)35-17-31-21-23(35)33-27(30)34-24(21)38/h6-8,10-11,17,19,22,25,37,40H,5,9,12-16H2,1-4H3,(H,32,41)(H3,30,33,34,38). The van der Waals surface area contributed by atoms with Crippen LogP contribution in [0.15, 0.2) is 41.5 Å². The second kappa shape index (κ2) is 15.4. The van der Waals surface area contributed by atoms with E-state index >= 15 is 0 Å². The Hall–Kier alpha value is -3.15. The van der Waals surface area contributed by atoms with E-state index in [1.807, 2.05) is 37.3 Å². The number of thioether (sulfide) groups is 1. The van der Waals surface area contributed by atoms with Crippen LogP contribution < -0.4 is 16.4 Å². The minimum absolute atomic E-state index is 0.0261. The molecule has 5 atom stereocenters. The van der Waals surface area contributed by atoms with Gasteiger partial charge in [-0.1, -0.05) is 49.0 Å². The van der Waals surface area contributed by atoms with Crippen molar-refractivity contribution >= 4 is 47.7 Å². The summed E-state index contributed by atoms with van der Waals surface area (Å²) in [4.78, 5) is 47.2. The Bertz CT molecular complexity index is 1650. The van der Waals surface area contributed by atoms with Crippen LogP contribution >= 0.6 is 19.5 Å². The molecule has 18 heteroatoms. The molecular formula is C29H41N6O10PS. The van der Waals surface area contributed by atoms with Crippen LogP contribution in [-0.2, 0) is 39.2 Å². The van der Waals surface area contributed by atoms with E-state index in [9.17, 15) is 29.2 Å². The van der Waals surface area contributed by atoms with Gasteiger partial charge in [0.2, 0.25) is 5.95 Å². The number of nitrogens with one attached hydrogen (secondary N) is 2. The lowest BCUT2D eigenvalue weighted by Crippen LogP contribution is -2.44. The van der Waals surface area contributed by atoms with Gasteiger partial charge < -0.3 is 25.4 Å². The summed E-state index contributed by atoms with van der Waals surface area (Å²) in [6.07, 6.45) is -1.86. The van der Waals surface area contributed by atoms with E-state index in [0.717, 1.165) is 17.3 Å². The maximum Gasteiger partial charge on any atom is 0.405 e. The maximum atomic E-state index is 13.9. The second-order valence-corrected chi connectivity index (χ2v) is 14.7. The highest BCUT2D eigenvalue weighted by molar-refractivity contribution is 8.13. The van der Waals surface area contributed by atoms with Crippen LogP contribution in [0.4, 0.5) is 5.95 Å². The Morgan fingerprint density at radius 3 is 2.70 bits per heavy atom. The van der Waals surface area contributed by atoms with E-state index in [-0.39, 0.29) is 60.1 Å². The highest BCUT2D eigenvalue weighted by Gasteiger charge is 2.54. The first-order valence-corrected chi connectivity index (χ1v) is 17.5. The number of carbonyl (C=O) groups excluding carboxylic acids is 2. The minimum Gasteiger partial charge on any atom is -0.465 e. The van der Waals surface area contributed by atoms with Gasteiger partial charge in [-0.3, -0.25) is 33.0 Å². The van der Waals surface area contributed by atoms with E-state index in [4.69, 9.17) is 24.3 Å². The van der Waals surface area contributed by atoms with Crippen molar-refractivity contribution in [2.24, 2.45) is 5.41 Å². The largest absolute Gasteiger partial charge is 0.465 e. The number of H-pyrrole nitrogens is 1. The molecule has 5 unspecified atom stereocenters. The van der Waals surface area contributed by atoms with Gasteiger partial charge in [0.05, 0.1) is 25.0 Å². The molecule has 1 saturated heterocycles. The number of anilines is 1. The molecular weight excluding hydrogens is 655 g/mol. The summed E-state index contributed by atoms with van der Waals surface area (Å²) in [6, 6.07) is 9.09. The van der Waals surface area contributed by atoms with Crippen LogP contribution in [0.2, 0.25) is 0 Å². The average Bonchev–Trinajstić information content (AvgIpc) is 3.54. The van der Waals surface area contributed by atoms with Crippen molar-refractivity contribution in [1.82, 2.24) is 24.6 Å². The van der Waals surface area contributed by atoms with Gasteiger partial charge in [0.15, 0.2) is 22.5 Å². The lowest BCUT2D eigenvalue weighted by Gasteiger charge is -2.27. The van der Waals surface area contributed by atoms with Crippen molar-refractivity contribution in [3.05, 3.63) is 52.6 Å². The number of aromatic nitrogens is 4. The normalized spacial score (nSPS) is 22.7. The number of nitrogens with zero attached hydrogens (tertiary/aromatic N) is 3. The van der Waals surface area contributed by atoms with E-state index in [0.29, 0.717) is 6.42 Å². The van der Waals surface area contributed by atoms with Crippen LogP contribution in [0, 0.1) is 5.41 Å². The third-order valence-electron chi connectivity index (χ3n) is 7.36. The molecule has 3 heterocycles. The van der Waals surface area contributed by atoms with Crippen molar-refractivity contribution < 1.29 is 42.9 Å². The van der Waals surface area contributed by atoms with Crippen molar-refractivity contribution in [3.63, 3.8) is 0 Å². The van der Waals surface area contributed by atoms with Gasteiger partial charge in [0.1, 0.15) is 24.4 Å². The summed E-state index contributed by atoms with van der Waals surface area (Å²) >= 11 is 0.943. The molecule has 0 saturated carbocycles. The van der Waals surface area contributed by atoms with Crippen molar-refractivity contribution in [1.29, 1.82) is 0 Å². The molecule has 47 heavy (non-hydrogen) atoms. The summed E-state index contributed by atoms with van der Waals surface area (Å²) in [6.45, 7) is 5.94. The number of carbonyl (C=O) groups is 2. The zero-order valence-corrected chi connectivity index (χ0v) is 28.3.